The lowest BCUT2D eigenvalue weighted by atomic mass is 10.2. The monoisotopic (exact) mass is 416 g/mol. The number of aromatic nitrogens is 5. The third-order valence-electron chi connectivity index (χ3n) is 4.24. The molecule has 0 aromatic carbocycles. The van der Waals surface area contributed by atoms with Gasteiger partial charge in [-0.2, -0.15) is 0 Å². The minimum Gasteiger partial charge on any atom is -0.367 e. The summed E-state index contributed by atoms with van der Waals surface area (Å²) in [6, 6.07) is 12.6. The van der Waals surface area contributed by atoms with Gasteiger partial charge in [0.25, 0.3) is 5.91 Å². The number of aryl methyl sites for hydroxylation is 1. The number of rotatable bonds is 8. The Labute approximate surface area is 178 Å². The third-order valence-corrected chi connectivity index (χ3v) is 4.24. The second kappa shape index (κ2) is 9.44. The van der Waals surface area contributed by atoms with E-state index in [0.29, 0.717) is 36.3 Å². The molecule has 3 N–H and O–H groups in total. The normalized spacial score (nSPS) is 10.5. The second-order valence-corrected chi connectivity index (χ2v) is 6.65. The van der Waals surface area contributed by atoms with Crippen molar-refractivity contribution in [1.82, 2.24) is 30.6 Å². The molecule has 10 heteroatoms. The minimum absolute atomic E-state index is 0.207. The van der Waals surface area contributed by atoms with Gasteiger partial charge in [-0.05, 0) is 42.8 Å². The molecule has 0 spiro atoms. The second-order valence-electron chi connectivity index (χ2n) is 6.65. The minimum atomic E-state index is -0.322. The Hall–Kier alpha value is -4.34. The molecule has 31 heavy (non-hydrogen) atoms. The van der Waals surface area contributed by atoms with Crippen LogP contribution in [0.3, 0.4) is 0 Å². The first kappa shape index (κ1) is 20.0. The first-order chi connectivity index (χ1) is 15.2. The summed E-state index contributed by atoms with van der Waals surface area (Å²) in [6.45, 7) is 2.83. The molecular formula is C21H20N8O2. The zero-order chi connectivity index (χ0) is 21.5. The number of nitrogens with zero attached hydrogens (tertiary/aromatic N) is 5. The molecule has 0 saturated heterocycles. The number of hydrogen-bond donors (Lipinski definition) is 3. The Morgan fingerprint density at radius 1 is 1.00 bits per heavy atom. The number of nitrogens with one attached hydrogen (secondary N) is 3. The highest BCUT2D eigenvalue weighted by atomic mass is 16.5. The zero-order valence-corrected chi connectivity index (χ0v) is 16.7. The molecule has 0 fully saturated rings. The summed E-state index contributed by atoms with van der Waals surface area (Å²) in [6.07, 6.45) is 5.08. The largest absolute Gasteiger partial charge is 0.367 e. The molecule has 4 heterocycles. The van der Waals surface area contributed by atoms with Crippen LogP contribution in [0, 0.1) is 6.92 Å². The van der Waals surface area contributed by atoms with E-state index in [0.717, 1.165) is 11.1 Å². The first-order valence-corrected chi connectivity index (χ1v) is 9.60. The summed E-state index contributed by atoms with van der Waals surface area (Å²) in [4.78, 5) is 20.5. The Bertz CT molecular complexity index is 1130. The van der Waals surface area contributed by atoms with Crippen LogP contribution in [0.1, 0.15) is 16.1 Å². The lowest BCUT2D eigenvalue weighted by molar-refractivity contribution is 0.0946. The van der Waals surface area contributed by atoms with Crippen molar-refractivity contribution in [2.45, 2.75) is 6.92 Å². The number of anilines is 3. The van der Waals surface area contributed by atoms with E-state index in [1.807, 2.05) is 25.1 Å². The molecule has 4 aromatic rings. The summed E-state index contributed by atoms with van der Waals surface area (Å²) in [5.74, 6) is 2.04. The van der Waals surface area contributed by atoms with E-state index in [1.54, 1.807) is 42.9 Å². The lowest BCUT2D eigenvalue weighted by Crippen LogP contribution is -2.29. The van der Waals surface area contributed by atoms with Gasteiger partial charge in [-0.1, -0.05) is 11.2 Å². The summed E-state index contributed by atoms with van der Waals surface area (Å²) < 4.78 is 5.21. The molecule has 0 unspecified atom stereocenters. The van der Waals surface area contributed by atoms with E-state index in [4.69, 9.17) is 4.52 Å². The Morgan fingerprint density at radius 2 is 1.84 bits per heavy atom. The van der Waals surface area contributed by atoms with Crippen LogP contribution in [0.4, 0.5) is 17.5 Å². The van der Waals surface area contributed by atoms with Crippen molar-refractivity contribution < 1.29 is 9.32 Å². The van der Waals surface area contributed by atoms with Crippen molar-refractivity contribution >= 4 is 23.4 Å². The predicted molar refractivity (Wildman–Crippen MR) is 115 cm³/mol. The molecule has 0 bridgehead atoms. The molecule has 0 aliphatic heterocycles. The Kier molecular flexibility index (Phi) is 6.08. The van der Waals surface area contributed by atoms with Crippen molar-refractivity contribution in [1.29, 1.82) is 0 Å². The molecule has 0 aliphatic carbocycles. The van der Waals surface area contributed by atoms with Gasteiger partial charge in [0.2, 0.25) is 0 Å². The molecule has 4 rings (SSSR count). The lowest BCUT2D eigenvalue weighted by Gasteiger charge is -2.07. The van der Waals surface area contributed by atoms with Crippen LogP contribution in [-0.4, -0.2) is 44.3 Å². The number of carbonyl (C=O) groups excluding carboxylic acids is 1. The van der Waals surface area contributed by atoms with E-state index in [9.17, 15) is 4.79 Å². The van der Waals surface area contributed by atoms with Crippen molar-refractivity contribution in [3.63, 3.8) is 0 Å². The Morgan fingerprint density at radius 3 is 2.58 bits per heavy atom. The van der Waals surface area contributed by atoms with E-state index < -0.39 is 0 Å². The number of amides is 1. The van der Waals surface area contributed by atoms with Crippen LogP contribution in [0.5, 0.6) is 0 Å². The highest BCUT2D eigenvalue weighted by Gasteiger charge is 2.13. The number of pyridine rings is 2. The van der Waals surface area contributed by atoms with Gasteiger partial charge < -0.3 is 20.5 Å². The maximum Gasteiger partial charge on any atom is 0.273 e. The van der Waals surface area contributed by atoms with Gasteiger partial charge in [-0.25, -0.2) is 4.98 Å². The van der Waals surface area contributed by atoms with Crippen LogP contribution < -0.4 is 16.0 Å². The average Bonchev–Trinajstić information content (AvgIpc) is 3.30. The summed E-state index contributed by atoms with van der Waals surface area (Å²) in [5.41, 5.74) is 2.05. The van der Waals surface area contributed by atoms with Crippen molar-refractivity contribution in [2.24, 2.45) is 0 Å². The number of hydrogen-bond acceptors (Lipinski definition) is 9. The highest BCUT2D eigenvalue weighted by Crippen LogP contribution is 2.18. The molecule has 1 amide bonds. The summed E-state index contributed by atoms with van der Waals surface area (Å²) >= 11 is 0. The molecular weight excluding hydrogens is 396 g/mol. The summed E-state index contributed by atoms with van der Waals surface area (Å²) in [5, 5.41) is 21.0. The average molecular weight is 416 g/mol. The molecule has 0 radical (unpaired) electrons. The SMILES string of the molecule is Cc1ccc(Nc2ccc(NCCNC(=O)c3cc(-c4cccnc4)on3)nn2)nc1. The van der Waals surface area contributed by atoms with E-state index in [1.165, 1.54) is 0 Å². The predicted octanol–water partition coefficient (Wildman–Crippen LogP) is 2.82. The molecule has 10 nitrogen and oxygen atoms in total. The topological polar surface area (TPSA) is 131 Å². The highest BCUT2D eigenvalue weighted by molar-refractivity contribution is 5.93. The fourth-order valence-electron chi connectivity index (χ4n) is 2.65. The van der Waals surface area contributed by atoms with Gasteiger partial charge in [0.05, 0.1) is 0 Å². The fourth-order valence-corrected chi connectivity index (χ4v) is 2.65. The smallest absolute Gasteiger partial charge is 0.273 e. The standard InChI is InChI=1S/C21H20N8O2/c1-14-4-5-18(25-12-14)26-20-7-6-19(27-28-20)23-9-10-24-21(30)16-11-17(31-29-16)15-3-2-8-22-13-15/h2-8,11-13H,9-10H2,1H3,(H,23,27)(H,24,30)(H,25,26,28). The van der Waals surface area contributed by atoms with Crippen molar-refractivity contribution in [2.75, 3.05) is 23.7 Å². The van der Waals surface area contributed by atoms with E-state index in [-0.39, 0.29) is 11.6 Å². The fraction of sp³-hybridized carbons (Fsp3) is 0.143. The molecule has 0 atom stereocenters. The number of carbonyl (C=O) groups is 1. The Balaban J connectivity index is 1.22. The van der Waals surface area contributed by atoms with Crippen LogP contribution in [0.2, 0.25) is 0 Å². The van der Waals surface area contributed by atoms with Crippen LogP contribution >= 0.6 is 0 Å². The first-order valence-electron chi connectivity index (χ1n) is 9.60. The molecule has 0 aliphatic rings. The van der Waals surface area contributed by atoms with Gasteiger partial charge in [0.1, 0.15) is 11.6 Å². The van der Waals surface area contributed by atoms with Crippen LogP contribution in [-0.2, 0) is 0 Å². The van der Waals surface area contributed by atoms with Gasteiger partial charge in [-0.3, -0.25) is 9.78 Å². The van der Waals surface area contributed by atoms with Gasteiger partial charge in [0, 0.05) is 43.3 Å². The van der Waals surface area contributed by atoms with Crippen LogP contribution in [0.15, 0.2) is 65.6 Å². The van der Waals surface area contributed by atoms with Gasteiger partial charge >= 0.3 is 0 Å². The van der Waals surface area contributed by atoms with Crippen molar-refractivity contribution in [3.8, 4) is 11.3 Å². The molecule has 0 saturated carbocycles. The van der Waals surface area contributed by atoms with Gasteiger partial charge in [0.15, 0.2) is 17.3 Å². The third kappa shape index (κ3) is 5.38. The summed E-state index contributed by atoms with van der Waals surface area (Å²) in [7, 11) is 0. The van der Waals surface area contributed by atoms with Crippen molar-refractivity contribution in [3.05, 3.63) is 72.3 Å². The van der Waals surface area contributed by atoms with E-state index in [2.05, 4.69) is 41.3 Å². The van der Waals surface area contributed by atoms with Gasteiger partial charge in [-0.15, -0.1) is 10.2 Å². The van der Waals surface area contributed by atoms with Crippen LogP contribution in [0.25, 0.3) is 11.3 Å². The van der Waals surface area contributed by atoms with E-state index >= 15 is 0 Å². The maximum atomic E-state index is 12.2. The molecule has 4 aromatic heterocycles. The molecule has 156 valence electrons. The zero-order valence-electron chi connectivity index (χ0n) is 16.7. The maximum absolute atomic E-state index is 12.2. The quantitative estimate of drug-likeness (QED) is 0.371.